The lowest BCUT2D eigenvalue weighted by molar-refractivity contribution is -0.152. The number of nitrogens with one attached hydrogen (secondary N) is 3. The molecular weight excluding hydrogens is 714 g/mol. The Hall–Kier alpha value is -4.61. The van der Waals surface area contributed by atoms with E-state index in [0.717, 1.165) is 4.90 Å². The second kappa shape index (κ2) is 17.9. The number of hydrogen-bond donors (Lipinski definition) is 3. The molecule has 0 aromatic heterocycles. The molecule has 6 rings (SSSR count). The van der Waals surface area contributed by atoms with Crippen LogP contribution >= 0.6 is 0 Å². The van der Waals surface area contributed by atoms with Crippen LogP contribution in [0.4, 0.5) is 0 Å². The van der Waals surface area contributed by atoms with Crippen LogP contribution < -0.4 is 16.0 Å². The molecule has 12 atom stereocenters. The van der Waals surface area contributed by atoms with Crippen LogP contribution in [0.1, 0.15) is 85.1 Å². The highest BCUT2D eigenvalue weighted by molar-refractivity contribution is 5.97. The number of amides is 8. The van der Waals surface area contributed by atoms with Crippen molar-refractivity contribution in [3.63, 3.8) is 0 Å². The summed E-state index contributed by atoms with van der Waals surface area (Å²) in [6.07, 6.45) is -3.95. The van der Waals surface area contributed by atoms with Crippen molar-refractivity contribution in [2.75, 3.05) is 66.0 Å². The van der Waals surface area contributed by atoms with E-state index in [0.29, 0.717) is 19.3 Å². The van der Waals surface area contributed by atoms with Gasteiger partial charge in [0.15, 0.2) is 0 Å². The fourth-order valence-electron chi connectivity index (χ4n) is 8.26. The fraction of sp³-hybridized carbons (Fsp3) is 0.757. The first-order chi connectivity index (χ1) is 28.9. The van der Waals surface area contributed by atoms with Crippen molar-refractivity contribution in [3.8, 4) is 0 Å². The normalized spacial score (nSPS) is 37.7. The van der Waals surface area contributed by atoms with Gasteiger partial charge < -0.3 is 45.2 Å². The average Bonchev–Trinajstić information content (AvgIpc) is 4.08. The number of hydrogen-bond acceptors (Lipinski definition) is 10. The van der Waals surface area contributed by atoms with Crippen LogP contribution in [0.2, 0.25) is 0 Å². The molecule has 0 aromatic rings. The van der Waals surface area contributed by atoms with Gasteiger partial charge in [-0.3, -0.25) is 43.3 Å². The number of nitrogens with zero attached hydrogens (tertiary/aromatic N) is 6. The van der Waals surface area contributed by atoms with Crippen molar-refractivity contribution in [2.45, 2.75) is 113 Å². The van der Waals surface area contributed by atoms with Crippen LogP contribution in [0.15, 0.2) is 0 Å². The minimum atomic E-state index is -1.22. The van der Waals surface area contributed by atoms with E-state index in [-0.39, 0.29) is 77.3 Å². The van der Waals surface area contributed by atoms with Crippen molar-refractivity contribution in [1.29, 1.82) is 0 Å². The van der Waals surface area contributed by atoms with Crippen LogP contribution in [-0.2, 0) is 43.2 Å². The van der Waals surface area contributed by atoms with Crippen molar-refractivity contribution < 1.29 is 51.4 Å². The molecule has 18 nitrogen and oxygen atoms in total. The van der Waals surface area contributed by atoms with Crippen LogP contribution in [0.5, 0.6) is 0 Å². The first-order valence-electron chi connectivity index (χ1n) is 22.4. The molecule has 6 aliphatic heterocycles. The molecule has 18 heteroatoms. The Labute approximate surface area is 329 Å². The minimum Gasteiger partial charge on any atom is -0.348 e. The number of aldehydes is 1. The molecule has 302 valence electrons. The van der Waals surface area contributed by atoms with E-state index < -0.39 is 129 Å². The lowest BCUT2D eigenvalue weighted by Crippen LogP contribution is -2.57. The van der Waals surface area contributed by atoms with Crippen LogP contribution in [-0.4, -0.2) is 185 Å². The molecule has 6 fully saturated rings. The molecule has 12 unspecified atom stereocenters. The van der Waals surface area contributed by atoms with Gasteiger partial charge in [0, 0.05) is 40.9 Å². The highest BCUT2D eigenvalue weighted by atomic mass is 16.2. The maximum atomic E-state index is 14.2. The smallest absolute Gasteiger partial charge is 0.246 e. The summed E-state index contributed by atoms with van der Waals surface area (Å²) in [6.45, 7) is -1.58. The Morgan fingerprint density at radius 1 is 0.509 bits per heavy atom. The van der Waals surface area contributed by atoms with Crippen molar-refractivity contribution in [3.05, 3.63) is 0 Å². The molecule has 0 saturated carbocycles. The highest BCUT2D eigenvalue weighted by Crippen LogP contribution is 2.30. The topological polar surface area (TPSA) is 209 Å². The second-order valence-corrected chi connectivity index (χ2v) is 14.6. The van der Waals surface area contributed by atoms with E-state index in [2.05, 4.69) is 16.0 Å². The van der Waals surface area contributed by atoms with Gasteiger partial charge in [0.05, 0.1) is 25.7 Å². The van der Waals surface area contributed by atoms with E-state index >= 15 is 0 Å². The third-order valence-electron chi connectivity index (χ3n) is 11.2. The van der Waals surface area contributed by atoms with Gasteiger partial charge in [0.1, 0.15) is 36.5 Å². The Morgan fingerprint density at radius 2 is 0.891 bits per heavy atom. The van der Waals surface area contributed by atoms with Gasteiger partial charge in [0.2, 0.25) is 47.3 Å². The molecule has 0 aliphatic carbocycles. The average molecular weight is 782 g/mol. The van der Waals surface area contributed by atoms with Gasteiger partial charge >= 0.3 is 0 Å². The van der Waals surface area contributed by atoms with Crippen LogP contribution in [0.3, 0.4) is 0 Å². The molecule has 0 aromatic carbocycles. The molecule has 55 heavy (non-hydrogen) atoms. The van der Waals surface area contributed by atoms with Crippen molar-refractivity contribution in [2.24, 2.45) is 0 Å². The number of rotatable bonds is 12. The highest BCUT2D eigenvalue weighted by Gasteiger charge is 2.48. The third kappa shape index (κ3) is 8.63. The second-order valence-electron chi connectivity index (χ2n) is 14.6. The van der Waals surface area contributed by atoms with E-state index in [1.165, 1.54) is 19.6 Å². The van der Waals surface area contributed by atoms with Gasteiger partial charge in [-0.25, -0.2) is 0 Å². The zero-order chi connectivity index (χ0) is 44.4. The first-order valence-corrected chi connectivity index (χ1v) is 18.9. The Balaban J connectivity index is 1.05. The molecule has 8 amide bonds. The molecule has 0 bridgehead atoms. The third-order valence-corrected chi connectivity index (χ3v) is 11.2. The van der Waals surface area contributed by atoms with Crippen LogP contribution in [0, 0.1) is 0 Å². The molecule has 0 spiro atoms. The van der Waals surface area contributed by atoms with Gasteiger partial charge in [-0.05, 0) is 90.5 Å². The van der Waals surface area contributed by atoms with Crippen molar-refractivity contribution in [1.82, 2.24) is 45.3 Å². The molecule has 6 aliphatic rings. The summed E-state index contributed by atoms with van der Waals surface area (Å²) in [5.41, 5.74) is 0. The maximum Gasteiger partial charge on any atom is 0.246 e. The zero-order valence-corrected chi connectivity index (χ0v) is 31.0. The molecule has 0 radical (unpaired) electrons. The summed E-state index contributed by atoms with van der Waals surface area (Å²) in [7, 11) is 1.73. The Kier molecular flexibility index (Phi) is 10.6. The predicted molar refractivity (Wildman–Crippen MR) is 194 cm³/mol. The van der Waals surface area contributed by atoms with Gasteiger partial charge in [0.25, 0.3) is 0 Å². The predicted octanol–water partition coefficient (Wildman–Crippen LogP) is -2.42. The first kappa shape index (κ1) is 32.6. The number of likely N-dealkylation sites (tertiary alicyclic amines) is 6. The Bertz CT molecular complexity index is 1770. The summed E-state index contributed by atoms with van der Waals surface area (Å²) in [5, 5.41) is 7.29. The summed E-state index contributed by atoms with van der Waals surface area (Å²) in [6, 6.07) is -6.22. The maximum absolute atomic E-state index is 14.2. The van der Waals surface area contributed by atoms with Crippen LogP contribution in [0.25, 0.3) is 0 Å². The van der Waals surface area contributed by atoms with Gasteiger partial charge in [-0.15, -0.1) is 0 Å². The van der Waals surface area contributed by atoms with Gasteiger partial charge in [-0.1, -0.05) is 0 Å². The number of carbonyl (C=O) groups is 9. The fourth-order valence-corrected chi connectivity index (χ4v) is 8.26. The molecular formula is C37H55N9O9. The minimum absolute atomic E-state index is 0.0183. The summed E-state index contributed by atoms with van der Waals surface area (Å²) in [4.78, 5) is 126. The summed E-state index contributed by atoms with van der Waals surface area (Å²) in [5.74, 6) is -5.06. The lowest BCUT2D eigenvalue weighted by Gasteiger charge is -2.35. The monoisotopic (exact) mass is 781 g/mol. The van der Waals surface area contributed by atoms with Crippen molar-refractivity contribution >= 4 is 53.5 Å². The standard InChI is InChI=1S/C37H55N9O9/c1-41-15-2-10-26(41)34(52)43-17-4-9-25(43)33(51)40-22-30(48)39-23-31(49)42-16-5-11-27(42)35(53)45-19-7-13-29(45)37(55)46-20-6-12-28(46)36(54)44-18-3-8-24(44)32(50)38-14-21-47/h21,24-29H,2-20,22-23H2,1H3,(H,38,50)(H,39,48)(H,40,51)/i2T,3T,4T,5T,6T,7T. The zero-order valence-electron chi connectivity index (χ0n) is 37.0. The molecule has 3 N–H and O–H groups in total. The number of likely N-dealkylation sites (N-methyl/N-ethyl adjacent to an activating group) is 1. The SMILES string of the molecule is [3H]C1CC(C(=O)N2CC([3H])CC2C(=O)NCC(=O)NCC(=O)N2CC([3H])CC2C(=O)N2CC([3H])CC2C(=O)N2CC([3H])CC2C(=O)N2CC([3H])CC2C(=O)NCC=O)N(C)C1. The van der Waals surface area contributed by atoms with E-state index in [4.69, 9.17) is 8.22 Å². The molecule has 6 heterocycles. The lowest BCUT2D eigenvalue weighted by atomic mass is 10.1. The van der Waals surface area contributed by atoms with E-state index in [1.807, 2.05) is 0 Å². The molecule has 6 saturated heterocycles. The summed E-state index contributed by atoms with van der Waals surface area (Å²) < 4.78 is 49.7. The quantitative estimate of drug-likeness (QED) is 0.179. The van der Waals surface area contributed by atoms with E-state index in [1.54, 1.807) is 11.9 Å². The number of carbonyl (C=O) groups excluding carboxylic acids is 9. The van der Waals surface area contributed by atoms with E-state index in [9.17, 15) is 43.2 Å². The largest absolute Gasteiger partial charge is 0.348 e. The Morgan fingerprint density at radius 3 is 1.36 bits per heavy atom. The summed E-state index contributed by atoms with van der Waals surface area (Å²) >= 11 is 0. The van der Waals surface area contributed by atoms with Gasteiger partial charge in [-0.2, -0.15) is 0 Å².